The fourth-order valence-corrected chi connectivity index (χ4v) is 6.10. The topological polar surface area (TPSA) is 95.8 Å². The standard InChI is InChI=1S/C27H34N4O4/c1-15(2)26-29-22(14-35-26)25(33)28-19-11-20-8-9-21(12-19)31(20)27(34)18-10-23(32)30(13-18)24-16(3)6-5-7-17(24)4/h5-7,14-15,18-21H,8-13H2,1-4H3,(H,28,33). The minimum absolute atomic E-state index is 0.000392. The van der Waals surface area contributed by atoms with Gasteiger partial charge in [-0.15, -0.1) is 0 Å². The molecule has 8 heteroatoms. The molecule has 5 rings (SSSR count). The van der Waals surface area contributed by atoms with Crippen molar-refractivity contribution in [2.75, 3.05) is 11.4 Å². The van der Waals surface area contributed by atoms with Crippen LogP contribution in [0.1, 0.15) is 79.4 Å². The summed E-state index contributed by atoms with van der Waals surface area (Å²) in [6.45, 7) is 8.39. The third kappa shape index (κ3) is 4.34. The lowest BCUT2D eigenvalue weighted by molar-refractivity contribution is -0.140. The second kappa shape index (κ2) is 9.13. The maximum absolute atomic E-state index is 13.6. The quantitative estimate of drug-likeness (QED) is 0.707. The average Bonchev–Trinajstić information content (AvgIpc) is 3.51. The number of nitrogens with zero attached hydrogens (tertiary/aromatic N) is 3. The predicted molar refractivity (Wildman–Crippen MR) is 131 cm³/mol. The molecule has 0 aliphatic carbocycles. The molecule has 3 fully saturated rings. The second-order valence-electron chi connectivity index (χ2n) is 10.6. The highest BCUT2D eigenvalue weighted by atomic mass is 16.3. The highest BCUT2D eigenvalue weighted by Gasteiger charge is 2.47. The van der Waals surface area contributed by atoms with Crippen LogP contribution < -0.4 is 10.2 Å². The molecule has 0 radical (unpaired) electrons. The van der Waals surface area contributed by atoms with Crippen LogP contribution in [-0.4, -0.2) is 52.3 Å². The van der Waals surface area contributed by atoms with Gasteiger partial charge in [-0.3, -0.25) is 14.4 Å². The van der Waals surface area contributed by atoms with Gasteiger partial charge in [-0.2, -0.15) is 0 Å². The molecule has 3 atom stereocenters. The molecular formula is C27H34N4O4. The Balaban J connectivity index is 1.23. The first-order chi connectivity index (χ1) is 16.7. The fourth-order valence-electron chi connectivity index (χ4n) is 6.10. The molecule has 3 saturated heterocycles. The van der Waals surface area contributed by atoms with Crippen molar-refractivity contribution in [1.82, 2.24) is 15.2 Å². The van der Waals surface area contributed by atoms with Crippen molar-refractivity contribution < 1.29 is 18.8 Å². The van der Waals surface area contributed by atoms with Crippen molar-refractivity contribution in [2.24, 2.45) is 5.92 Å². The number of aromatic nitrogens is 1. The lowest BCUT2D eigenvalue weighted by Crippen LogP contribution is -2.54. The average molecular weight is 479 g/mol. The van der Waals surface area contributed by atoms with Crippen LogP contribution in [0, 0.1) is 19.8 Å². The Labute approximate surface area is 206 Å². The van der Waals surface area contributed by atoms with Gasteiger partial charge < -0.3 is 19.5 Å². The first kappa shape index (κ1) is 23.6. The summed E-state index contributed by atoms with van der Waals surface area (Å²) in [6.07, 6.45) is 5.00. The predicted octanol–water partition coefficient (Wildman–Crippen LogP) is 3.72. The van der Waals surface area contributed by atoms with E-state index in [0.29, 0.717) is 18.1 Å². The van der Waals surface area contributed by atoms with Crippen molar-refractivity contribution in [3.63, 3.8) is 0 Å². The number of piperidine rings is 1. The Morgan fingerprint density at radius 1 is 1.11 bits per heavy atom. The van der Waals surface area contributed by atoms with Gasteiger partial charge in [0.25, 0.3) is 5.91 Å². The van der Waals surface area contributed by atoms with E-state index in [0.717, 1.165) is 42.5 Å². The number of hydrogen-bond donors (Lipinski definition) is 1. The van der Waals surface area contributed by atoms with Gasteiger partial charge in [-0.25, -0.2) is 4.98 Å². The molecule has 2 aromatic rings. The maximum atomic E-state index is 13.6. The number of benzene rings is 1. The highest BCUT2D eigenvalue weighted by Crippen LogP contribution is 2.39. The van der Waals surface area contributed by atoms with Crippen LogP contribution in [0.5, 0.6) is 0 Å². The number of aryl methyl sites for hydroxylation is 2. The summed E-state index contributed by atoms with van der Waals surface area (Å²) in [5.41, 5.74) is 3.34. The summed E-state index contributed by atoms with van der Waals surface area (Å²) in [5, 5.41) is 3.10. The number of rotatable bonds is 5. The number of amides is 3. The number of anilines is 1. The third-order valence-electron chi connectivity index (χ3n) is 7.75. The Morgan fingerprint density at radius 3 is 2.37 bits per heavy atom. The number of para-hydroxylation sites is 1. The normalized spacial score (nSPS) is 26.0. The number of hydrogen-bond acceptors (Lipinski definition) is 5. The largest absolute Gasteiger partial charge is 0.448 e. The summed E-state index contributed by atoms with van der Waals surface area (Å²) in [5.74, 6) is 0.230. The number of oxazole rings is 1. The van der Waals surface area contributed by atoms with Crippen LogP contribution >= 0.6 is 0 Å². The van der Waals surface area contributed by atoms with Crippen molar-refractivity contribution in [3.05, 3.63) is 47.2 Å². The molecule has 35 heavy (non-hydrogen) atoms. The molecule has 2 bridgehead atoms. The van der Waals surface area contributed by atoms with Crippen LogP contribution in [0.25, 0.3) is 0 Å². The van der Waals surface area contributed by atoms with E-state index in [1.165, 1.54) is 6.26 Å². The lowest BCUT2D eigenvalue weighted by atomic mass is 9.94. The zero-order valence-corrected chi connectivity index (χ0v) is 20.9. The number of fused-ring (bicyclic) bond motifs is 2. The molecule has 3 aliphatic rings. The number of carbonyl (C=O) groups excluding carboxylic acids is 3. The molecule has 8 nitrogen and oxygen atoms in total. The van der Waals surface area contributed by atoms with Crippen molar-refractivity contribution >= 4 is 23.4 Å². The summed E-state index contributed by atoms with van der Waals surface area (Å²) < 4.78 is 5.40. The van der Waals surface area contributed by atoms with E-state index >= 15 is 0 Å². The van der Waals surface area contributed by atoms with Gasteiger partial charge in [0, 0.05) is 42.7 Å². The Bertz CT molecular complexity index is 1120. The van der Waals surface area contributed by atoms with Gasteiger partial charge in [0.2, 0.25) is 11.8 Å². The molecule has 3 amide bonds. The fraction of sp³-hybridized carbons (Fsp3) is 0.556. The van der Waals surface area contributed by atoms with Gasteiger partial charge in [0.1, 0.15) is 6.26 Å². The minimum Gasteiger partial charge on any atom is -0.448 e. The Morgan fingerprint density at radius 2 is 1.77 bits per heavy atom. The van der Waals surface area contributed by atoms with Gasteiger partial charge in [0.15, 0.2) is 11.6 Å². The second-order valence-corrected chi connectivity index (χ2v) is 10.6. The van der Waals surface area contributed by atoms with Gasteiger partial charge in [-0.1, -0.05) is 32.0 Å². The Hall–Kier alpha value is -3.16. The van der Waals surface area contributed by atoms with Crippen LogP contribution in [0.2, 0.25) is 0 Å². The molecule has 0 spiro atoms. The van der Waals surface area contributed by atoms with Crippen molar-refractivity contribution in [3.8, 4) is 0 Å². The molecule has 1 aromatic heterocycles. The summed E-state index contributed by atoms with van der Waals surface area (Å²) in [4.78, 5) is 47.3. The van der Waals surface area contributed by atoms with E-state index in [1.54, 1.807) is 4.90 Å². The van der Waals surface area contributed by atoms with Gasteiger partial charge >= 0.3 is 0 Å². The zero-order valence-electron chi connectivity index (χ0n) is 20.9. The van der Waals surface area contributed by atoms with Crippen LogP contribution in [-0.2, 0) is 9.59 Å². The first-order valence-electron chi connectivity index (χ1n) is 12.7. The lowest BCUT2D eigenvalue weighted by Gasteiger charge is -2.40. The van der Waals surface area contributed by atoms with Gasteiger partial charge in [-0.05, 0) is 50.7 Å². The molecular weight excluding hydrogens is 444 g/mol. The molecule has 4 heterocycles. The number of carbonyl (C=O) groups is 3. The van der Waals surface area contributed by atoms with Crippen molar-refractivity contribution in [2.45, 2.75) is 83.8 Å². The van der Waals surface area contributed by atoms with E-state index < -0.39 is 0 Å². The van der Waals surface area contributed by atoms with E-state index in [9.17, 15) is 14.4 Å². The smallest absolute Gasteiger partial charge is 0.273 e. The van der Waals surface area contributed by atoms with Crippen LogP contribution in [0.15, 0.2) is 28.9 Å². The summed E-state index contributed by atoms with van der Waals surface area (Å²) in [7, 11) is 0. The third-order valence-corrected chi connectivity index (χ3v) is 7.75. The first-order valence-corrected chi connectivity index (χ1v) is 12.7. The van der Waals surface area contributed by atoms with E-state index in [-0.39, 0.29) is 54.1 Å². The molecule has 3 aliphatic heterocycles. The molecule has 1 N–H and O–H groups in total. The Kier molecular flexibility index (Phi) is 6.15. The maximum Gasteiger partial charge on any atom is 0.273 e. The van der Waals surface area contributed by atoms with E-state index in [4.69, 9.17) is 4.42 Å². The SMILES string of the molecule is Cc1cccc(C)c1N1CC(C(=O)N2C3CCC2CC(NC(=O)c2coc(C(C)C)n2)C3)CC1=O. The monoisotopic (exact) mass is 478 g/mol. The van der Waals surface area contributed by atoms with Crippen molar-refractivity contribution in [1.29, 1.82) is 0 Å². The van der Waals surface area contributed by atoms with Crippen LogP contribution in [0.4, 0.5) is 5.69 Å². The highest BCUT2D eigenvalue weighted by molar-refractivity contribution is 6.01. The van der Waals surface area contributed by atoms with E-state index in [1.807, 2.05) is 50.8 Å². The summed E-state index contributed by atoms with van der Waals surface area (Å²) >= 11 is 0. The minimum atomic E-state index is -0.319. The molecule has 1 aromatic carbocycles. The molecule has 0 saturated carbocycles. The zero-order chi connectivity index (χ0) is 24.9. The molecule has 3 unspecified atom stereocenters. The van der Waals surface area contributed by atoms with E-state index in [2.05, 4.69) is 10.3 Å². The van der Waals surface area contributed by atoms with Crippen LogP contribution in [0.3, 0.4) is 0 Å². The van der Waals surface area contributed by atoms with Gasteiger partial charge in [0.05, 0.1) is 5.92 Å². The molecule has 186 valence electrons. The summed E-state index contributed by atoms with van der Waals surface area (Å²) in [6, 6.07) is 6.20. The number of nitrogens with one attached hydrogen (secondary N) is 1.